The normalized spacial score (nSPS) is 23.2. The molecule has 1 amide bonds. The summed E-state index contributed by atoms with van der Waals surface area (Å²) in [6.45, 7) is 29.2. The van der Waals surface area contributed by atoms with Crippen LogP contribution in [0.5, 0.6) is 12.0 Å². The molecule has 1 saturated carbocycles. The number of carboxylic acids is 1. The summed E-state index contributed by atoms with van der Waals surface area (Å²) in [6.07, 6.45) is 11.2. The minimum Gasteiger partial charge on any atom is -0.478 e. The molecule has 1 aliphatic carbocycles. The van der Waals surface area contributed by atoms with E-state index in [1.165, 1.54) is 27.9 Å². The number of alkyl halides is 2. The number of aliphatic carboxylic acids is 1. The SMILES string of the molecule is C.CN(C)C/C=C/C(=O)O.[C-]#[N+]C[C@@H]1CCCC(c2nc(OC(=O)[C@@H]3C[C@@H](F)CN3C)nc3c2CCN(c2cccc(C)c2C)C3)C1.[C-]#[N+]C[C@H]1CC(c2nc(OC(=O)[C@@H]3C[C@@H](F)CN3C)nc3c2CCN(c2cccc(C)c2C)C3)CCN1C(=O)/C=C/CN(C)C. The molecule has 4 fully saturated rings. The van der Waals surface area contributed by atoms with Crippen LogP contribution in [0.25, 0.3) is 9.69 Å². The first-order valence-electron chi connectivity index (χ1n) is 31.9. The van der Waals surface area contributed by atoms with Crippen molar-refractivity contribution in [1.29, 1.82) is 0 Å². The molecule has 3 saturated heterocycles. The van der Waals surface area contributed by atoms with Gasteiger partial charge in [-0.05, 0) is 160 Å². The Morgan fingerprint density at radius 3 is 1.58 bits per heavy atom. The number of esters is 2. The maximum atomic E-state index is 14.1. The maximum Gasteiger partial charge on any atom is 0.331 e. The smallest absolute Gasteiger partial charge is 0.331 e. The largest absolute Gasteiger partial charge is 0.478 e. The number of aromatic nitrogens is 4. The van der Waals surface area contributed by atoms with Crippen molar-refractivity contribution < 1.29 is 42.5 Å². The van der Waals surface area contributed by atoms with Crippen molar-refractivity contribution in [3.8, 4) is 12.0 Å². The highest BCUT2D eigenvalue weighted by atomic mass is 19.1. The number of likely N-dealkylation sites (N-methyl/N-ethyl adjacent to an activating group) is 4. The summed E-state index contributed by atoms with van der Waals surface area (Å²) >= 11 is 0. The lowest BCUT2D eigenvalue weighted by atomic mass is 9.78. The van der Waals surface area contributed by atoms with Crippen LogP contribution < -0.4 is 19.3 Å². The number of carbonyl (C=O) groups is 4. The number of aryl methyl sites for hydroxylation is 2. The fourth-order valence-corrected chi connectivity index (χ4v) is 13.5. The number of fused-ring (bicyclic) bond motifs is 2. The lowest BCUT2D eigenvalue weighted by Gasteiger charge is -2.38. The van der Waals surface area contributed by atoms with Crippen LogP contribution in [0.1, 0.15) is 127 Å². The van der Waals surface area contributed by atoms with Crippen molar-refractivity contribution in [3.63, 3.8) is 0 Å². The van der Waals surface area contributed by atoms with Crippen molar-refractivity contribution in [1.82, 2.24) is 44.4 Å². The van der Waals surface area contributed by atoms with Gasteiger partial charge in [-0.25, -0.2) is 36.3 Å². The van der Waals surface area contributed by atoms with Crippen LogP contribution in [0.2, 0.25) is 0 Å². The van der Waals surface area contributed by atoms with Crippen molar-refractivity contribution in [2.75, 3.05) is 111 Å². The number of hydrogen-bond donors (Lipinski definition) is 1. The molecular weight excluding hydrogens is 1170 g/mol. The number of ether oxygens (including phenoxy) is 2. The third-order valence-corrected chi connectivity index (χ3v) is 18.6. The third-order valence-electron chi connectivity index (χ3n) is 18.6. The second-order valence-corrected chi connectivity index (χ2v) is 25.8. The standard InChI is InChI=1S/C34H44FN7O3.C29H36FN5O2.C6H11NO2.CH4/c1-22-9-7-10-29(23(22)2)41-15-13-27-28(21-41)37-34(45-33(44)30-18-25(35)20-40(30)6)38-32(27)24-12-16-42(26(17-24)19-36-3)31(43)11-8-14-39(4)5;1-18-7-5-10-25(19(18)2)35-12-11-23-24(17-35)32-29(37-28(36)26-14-22(30)16-34(26)4)33-27(23)21-9-6-8-20(13-21)15-31-3;1-7(2)5-3-4-6(8)9;/h7-11,24-26,30H,12-21H2,1-2,4-6H3;5,7,10,20-22,26H,6,8-9,11-17H2,1-2,4H3;3-4H,5H2,1-2H3,(H,8,9);1H4/b11-8+;;4-3+;/t24?,25-,26-,30+;20-,21?,22-,26+;;/m11../s1. The Bertz CT molecular complexity index is 3380. The molecule has 20 nitrogen and oxygen atoms in total. The van der Waals surface area contributed by atoms with Gasteiger partial charge < -0.3 is 48.8 Å². The molecule has 8 atom stereocenters. The van der Waals surface area contributed by atoms with E-state index in [1.807, 2.05) is 44.1 Å². The molecular formula is C70H95F2N13O7. The molecule has 7 heterocycles. The summed E-state index contributed by atoms with van der Waals surface area (Å²) in [6, 6.07) is 11.1. The van der Waals surface area contributed by atoms with Crippen molar-refractivity contribution >= 4 is 35.2 Å². The van der Waals surface area contributed by atoms with Gasteiger partial charge in [-0.15, -0.1) is 0 Å². The van der Waals surface area contributed by atoms with Gasteiger partial charge in [-0.3, -0.25) is 14.6 Å². The van der Waals surface area contributed by atoms with Crippen LogP contribution in [0.4, 0.5) is 20.2 Å². The Labute approximate surface area is 543 Å². The molecule has 496 valence electrons. The van der Waals surface area contributed by atoms with Gasteiger partial charge in [0.2, 0.25) is 19.0 Å². The molecule has 2 aromatic heterocycles. The van der Waals surface area contributed by atoms with Gasteiger partial charge in [-0.2, -0.15) is 19.9 Å². The molecule has 22 heteroatoms. The van der Waals surface area contributed by atoms with E-state index < -0.39 is 42.3 Å². The minimum absolute atomic E-state index is 0. The highest BCUT2D eigenvalue weighted by Gasteiger charge is 2.41. The first kappa shape index (κ1) is 71.7. The van der Waals surface area contributed by atoms with Crippen molar-refractivity contribution in [2.45, 2.75) is 155 Å². The van der Waals surface area contributed by atoms with E-state index in [9.17, 15) is 28.0 Å². The van der Waals surface area contributed by atoms with E-state index >= 15 is 0 Å². The van der Waals surface area contributed by atoms with Gasteiger partial charge in [0.1, 0.15) is 30.5 Å². The average Bonchev–Trinajstić information content (AvgIpc) is 1.52. The Kier molecular flexibility index (Phi) is 25.9. The van der Waals surface area contributed by atoms with E-state index in [-0.39, 0.29) is 75.7 Å². The van der Waals surface area contributed by atoms with Gasteiger partial charge in [0, 0.05) is 99.9 Å². The van der Waals surface area contributed by atoms with Gasteiger partial charge in [-0.1, -0.05) is 50.3 Å². The number of likely N-dealkylation sites (tertiary alicyclic amines) is 3. The number of halogens is 2. The number of piperidine rings is 1. The Balaban J connectivity index is 0.000000231. The molecule has 0 bridgehead atoms. The zero-order chi connectivity index (χ0) is 65.6. The minimum atomic E-state index is -1.08. The van der Waals surface area contributed by atoms with E-state index in [2.05, 4.69) is 83.6 Å². The van der Waals surface area contributed by atoms with Crippen molar-refractivity contribution in [3.05, 3.63) is 140 Å². The average molecular weight is 1270 g/mol. The monoisotopic (exact) mass is 1270 g/mol. The van der Waals surface area contributed by atoms with E-state index in [1.54, 1.807) is 40.9 Å². The molecule has 1 N–H and O–H groups in total. The zero-order valence-corrected chi connectivity index (χ0v) is 54.7. The zero-order valence-electron chi connectivity index (χ0n) is 54.7. The number of rotatable bonds is 16. The summed E-state index contributed by atoms with van der Waals surface area (Å²) < 4.78 is 39.5. The number of nitrogens with zero attached hydrogens (tertiary/aromatic N) is 13. The molecule has 2 aromatic carbocycles. The fourth-order valence-electron chi connectivity index (χ4n) is 13.5. The first-order valence-corrected chi connectivity index (χ1v) is 31.9. The molecule has 92 heavy (non-hydrogen) atoms. The van der Waals surface area contributed by atoms with E-state index in [4.69, 9.17) is 47.7 Å². The third kappa shape index (κ3) is 18.5. The summed E-state index contributed by atoms with van der Waals surface area (Å²) in [7, 11) is 11.1. The van der Waals surface area contributed by atoms with Crippen molar-refractivity contribution in [2.24, 2.45) is 5.92 Å². The van der Waals surface area contributed by atoms with Gasteiger partial charge in [0.15, 0.2) is 0 Å². The Morgan fingerprint density at radius 2 is 1.13 bits per heavy atom. The first-order chi connectivity index (χ1) is 43.5. The number of carboxylic acid groups (broad SMARTS) is 1. The lowest BCUT2D eigenvalue weighted by molar-refractivity contribution is -0.140. The second-order valence-electron chi connectivity index (χ2n) is 25.8. The summed E-state index contributed by atoms with van der Waals surface area (Å²) in [5, 5.41) is 8.12. The van der Waals surface area contributed by atoms with Crippen LogP contribution >= 0.6 is 0 Å². The van der Waals surface area contributed by atoms with Crippen LogP contribution in [-0.2, 0) is 45.1 Å². The lowest BCUT2D eigenvalue weighted by Crippen LogP contribution is -2.47. The maximum absolute atomic E-state index is 14.1. The second kappa shape index (κ2) is 33.2. The quantitative estimate of drug-likeness (QED) is 0.0634. The number of hydrogen-bond acceptors (Lipinski definition) is 16. The van der Waals surface area contributed by atoms with Gasteiger partial charge in [0.25, 0.3) is 0 Å². The van der Waals surface area contributed by atoms with E-state index in [0.29, 0.717) is 58.0 Å². The highest BCUT2D eigenvalue weighted by Crippen LogP contribution is 2.41. The summed E-state index contributed by atoms with van der Waals surface area (Å²) in [5.74, 6) is -1.46. The van der Waals surface area contributed by atoms with Crippen LogP contribution in [0.15, 0.2) is 60.7 Å². The summed E-state index contributed by atoms with van der Waals surface area (Å²) in [5.41, 5.74) is 13.0. The molecule has 2 unspecified atom stereocenters. The Hall–Kier alpha value is -7.76. The number of carbonyl (C=O) groups excluding carboxylic acids is 3. The number of anilines is 2. The topological polar surface area (TPSA) is 190 Å². The van der Waals surface area contributed by atoms with Crippen LogP contribution in [-0.4, -0.2) is 205 Å². The van der Waals surface area contributed by atoms with Gasteiger partial charge in [0.05, 0.1) is 35.9 Å². The molecule has 0 spiro atoms. The molecule has 4 aromatic rings. The van der Waals surface area contributed by atoms with Gasteiger partial charge >= 0.3 is 29.9 Å². The fraction of sp³-hybridized carbons (Fsp3) is 0.571. The molecule has 5 aliphatic heterocycles. The predicted octanol–water partition coefficient (Wildman–Crippen LogP) is 9.34. The van der Waals surface area contributed by atoms with E-state index in [0.717, 1.165) is 97.3 Å². The predicted molar refractivity (Wildman–Crippen MR) is 353 cm³/mol. The highest BCUT2D eigenvalue weighted by molar-refractivity contribution is 5.88. The summed E-state index contributed by atoms with van der Waals surface area (Å²) in [4.78, 5) is 89.3. The van der Waals surface area contributed by atoms with Crippen LogP contribution in [0, 0.1) is 46.8 Å². The Morgan fingerprint density at radius 1 is 0.652 bits per heavy atom. The number of amides is 1. The molecule has 6 aliphatic rings. The number of benzene rings is 2. The molecule has 0 radical (unpaired) electrons. The molecule has 10 rings (SSSR count). The van der Waals surface area contributed by atoms with Crippen LogP contribution in [0.3, 0.4) is 0 Å².